The Morgan fingerprint density at radius 2 is 1.96 bits per heavy atom. The van der Waals surface area contributed by atoms with Gasteiger partial charge in [-0.15, -0.1) is 0 Å². The number of aryl methyl sites for hydroxylation is 1. The number of H-pyrrole nitrogens is 1. The predicted octanol–water partition coefficient (Wildman–Crippen LogP) is 3.31. The van der Waals surface area contributed by atoms with Crippen molar-refractivity contribution in [1.29, 1.82) is 0 Å². The molecule has 0 unspecified atom stereocenters. The maximum Gasteiger partial charge on any atom is 0.279 e. The summed E-state index contributed by atoms with van der Waals surface area (Å²) in [6.45, 7) is 1.96. The van der Waals surface area contributed by atoms with Crippen molar-refractivity contribution >= 4 is 15.7 Å². The number of aromatic nitrogens is 2. The smallest absolute Gasteiger partial charge is 0.279 e. The quantitative estimate of drug-likeness (QED) is 0.752. The van der Waals surface area contributed by atoms with Crippen molar-refractivity contribution in [1.82, 2.24) is 9.97 Å². The van der Waals surface area contributed by atoms with Crippen LogP contribution < -0.4 is 9.46 Å². The van der Waals surface area contributed by atoms with Crippen LogP contribution in [0, 0.1) is 6.92 Å². The molecule has 2 aromatic carbocycles. The second kappa shape index (κ2) is 6.13. The zero-order valence-electron chi connectivity index (χ0n) is 12.4. The molecule has 0 amide bonds. The fourth-order valence-corrected chi connectivity index (χ4v) is 3.01. The summed E-state index contributed by atoms with van der Waals surface area (Å²) in [6.07, 6.45) is 2.55. The van der Waals surface area contributed by atoms with E-state index in [1.54, 1.807) is 24.3 Å². The Hall–Kier alpha value is -2.80. The highest BCUT2D eigenvalue weighted by Crippen LogP contribution is 2.30. The van der Waals surface area contributed by atoms with Gasteiger partial charge < -0.3 is 9.72 Å². The fourth-order valence-electron chi connectivity index (χ4n) is 2.04. The molecule has 0 bridgehead atoms. The first kappa shape index (κ1) is 15.1. The molecule has 0 aliphatic rings. The van der Waals surface area contributed by atoms with Gasteiger partial charge in [0.25, 0.3) is 10.0 Å². The van der Waals surface area contributed by atoms with E-state index in [0.29, 0.717) is 17.2 Å². The minimum Gasteiger partial charge on any atom is -0.455 e. The van der Waals surface area contributed by atoms with Crippen molar-refractivity contribution in [3.8, 4) is 11.5 Å². The van der Waals surface area contributed by atoms with E-state index in [1.807, 2.05) is 31.2 Å². The number of hydrogen-bond donors (Lipinski definition) is 2. The Kier molecular flexibility index (Phi) is 4.03. The zero-order valence-corrected chi connectivity index (χ0v) is 13.2. The first-order chi connectivity index (χ1) is 11.0. The third-order valence-corrected chi connectivity index (χ3v) is 4.40. The van der Waals surface area contributed by atoms with Crippen LogP contribution in [0.1, 0.15) is 5.56 Å². The SMILES string of the molecule is Cc1cccc(Oc2ccccc2NS(=O)(=O)c2cnc[nH]2)c1. The monoisotopic (exact) mass is 329 g/mol. The van der Waals surface area contributed by atoms with Crippen molar-refractivity contribution in [2.45, 2.75) is 11.9 Å². The molecule has 0 saturated heterocycles. The highest BCUT2D eigenvalue weighted by molar-refractivity contribution is 7.92. The van der Waals surface area contributed by atoms with Crippen molar-refractivity contribution in [3.05, 3.63) is 66.6 Å². The predicted molar refractivity (Wildman–Crippen MR) is 87.1 cm³/mol. The maximum absolute atomic E-state index is 12.3. The molecule has 118 valence electrons. The van der Waals surface area contributed by atoms with E-state index >= 15 is 0 Å². The Balaban J connectivity index is 1.89. The van der Waals surface area contributed by atoms with Gasteiger partial charge in [-0.05, 0) is 36.8 Å². The Bertz CT molecular complexity index is 906. The molecule has 23 heavy (non-hydrogen) atoms. The van der Waals surface area contributed by atoms with Gasteiger partial charge in [0.2, 0.25) is 0 Å². The first-order valence-electron chi connectivity index (χ1n) is 6.89. The molecule has 0 aliphatic heterocycles. The van der Waals surface area contributed by atoms with E-state index in [9.17, 15) is 8.42 Å². The van der Waals surface area contributed by atoms with Crippen LogP contribution >= 0.6 is 0 Å². The summed E-state index contributed by atoms with van der Waals surface area (Å²) in [4.78, 5) is 6.30. The molecule has 0 saturated carbocycles. The van der Waals surface area contributed by atoms with Crippen molar-refractivity contribution < 1.29 is 13.2 Å². The number of aromatic amines is 1. The minimum atomic E-state index is -3.74. The van der Waals surface area contributed by atoms with Gasteiger partial charge in [-0.1, -0.05) is 24.3 Å². The molecule has 0 fully saturated rings. The molecule has 0 radical (unpaired) electrons. The van der Waals surface area contributed by atoms with Crippen LogP contribution in [0.2, 0.25) is 0 Å². The van der Waals surface area contributed by atoms with Crippen molar-refractivity contribution in [2.75, 3.05) is 4.72 Å². The normalized spacial score (nSPS) is 11.2. The molecule has 1 aromatic heterocycles. The van der Waals surface area contributed by atoms with Gasteiger partial charge >= 0.3 is 0 Å². The van der Waals surface area contributed by atoms with Crippen LogP contribution in [0.25, 0.3) is 0 Å². The van der Waals surface area contributed by atoms with Gasteiger partial charge in [-0.2, -0.15) is 8.42 Å². The van der Waals surface area contributed by atoms with Crippen LogP contribution in [0.3, 0.4) is 0 Å². The summed E-state index contributed by atoms with van der Waals surface area (Å²) in [5.74, 6) is 1.05. The van der Waals surface area contributed by atoms with Crippen molar-refractivity contribution in [2.24, 2.45) is 0 Å². The molecule has 1 heterocycles. The molecule has 0 aliphatic carbocycles. The second-order valence-electron chi connectivity index (χ2n) is 4.94. The summed E-state index contributed by atoms with van der Waals surface area (Å²) in [5, 5.41) is -0.0112. The Morgan fingerprint density at radius 1 is 1.13 bits per heavy atom. The van der Waals surface area contributed by atoms with E-state index in [-0.39, 0.29) is 5.03 Å². The van der Waals surface area contributed by atoms with E-state index in [4.69, 9.17) is 4.74 Å². The summed E-state index contributed by atoms with van der Waals surface area (Å²) in [5.41, 5.74) is 1.40. The highest BCUT2D eigenvalue weighted by Gasteiger charge is 2.17. The third-order valence-electron chi connectivity index (χ3n) is 3.11. The van der Waals surface area contributed by atoms with Gasteiger partial charge in [0.1, 0.15) is 5.75 Å². The standard InChI is InChI=1S/C16H15N3O3S/c1-12-5-4-6-13(9-12)22-15-8-3-2-7-14(15)19-23(20,21)16-10-17-11-18-16/h2-11,19H,1H3,(H,17,18). The van der Waals surface area contributed by atoms with E-state index in [0.717, 1.165) is 5.56 Å². The van der Waals surface area contributed by atoms with E-state index in [1.165, 1.54) is 12.5 Å². The number of imidazole rings is 1. The summed E-state index contributed by atoms with van der Waals surface area (Å²) >= 11 is 0. The lowest BCUT2D eigenvalue weighted by Crippen LogP contribution is -2.13. The molecule has 0 atom stereocenters. The van der Waals surface area contributed by atoms with Gasteiger partial charge in [-0.25, -0.2) is 4.98 Å². The first-order valence-corrected chi connectivity index (χ1v) is 8.38. The average molecular weight is 329 g/mol. The maximum atomic E-state index is 12.3. The molecule has 3 rings (SSSR count). The summed E-state index contributed by atoms with van der Waals surface area (Å²) in [6, 6.07) is 14.4. The van der Waals surface area contributed by atoms with Crippen molar-refractivity contribution in [3.63, 3.8) is 0 Å². The van der Waals surface area contributed by atoms with Crippen LogP contribution in [-0.2, 0) is 10.0 Å². The number of para-hydroxylation sites is 2. The number of hydrogen-bond acceptors (Lipinski definition) is 4. The molecule has 2 N–H and O–H groups in total. The van der Waals surface area contributed by atoms with E-state index in [2.05, 4.69) is 14.7 Å². The number of benzene rings is 2. The number of ether oxygens (including phenoxy) is 1. The molecular formula is C16H15N3O3S. The number of anilines is 1. The average Bonchev–Trinajstić information content (AvgIpc) is 3.04. The van der Waals surface area contributed by atoms with Crippen LogP contribution in [-0.4, -0.2) is 18.4 Å². The lowest BCUT2D eigenvalue weighted by molar-refractivity contribution is 0.484. The summed E-state index contributed by atoms with van der Waals surface area (Å²) in [7, 11) is -3.74. The lowest BCUT2D eigenvalue weighted by Gasteiger charge is -2.13. The van der Waals surface area contributed by atoms with Crippen LogP contribution in [0.5, 0.6) is 11.5 Å². The van der Waals surface area contributed by atoms with Gasteiger partial charge in [0, 0.05) is 0 Å². The third kappa shape index (κ3) is 3.51. The van der Waals surface area contributed by atoms with E-state index < -0.39 is 10.0 Å². The van der Waals surface area contributed by atoms with Crippen LogP contribution in [0.4, 0.5) is 5.69 Å². The number of rotatable bonds is 5. The second-order valence-corrected chi connectivity index (χ2v) is 6.59. The topological polar surface area (TPSA) is 84.1 Å². The largest absolute Gasteiger partial charge is 0.455 e. The molecule has 3 aromatic rings. The minimum absolute atomic E-state index is 0.0112. The molecular weight excluding hydrogens is 314 g/mol. The van der Waals surface area contributed by atoms with Crippen LogP contribution in [0.15, 0.2) is 66.1 Å². The molecule has 0 spiro atoms. The van der Waals surface area contributed by atoms with Gasteiger partial charge in [0.15, 0.2) is 10.8 Å². The molecule has 6 nitrogen and oxygen atoms in total. The Morgan fingerprint density at radius 3 is 2.70 bits per heavy atom. The van der Waals surface area contributed by atoms with Gasteiger partial charge in [0.05, 0.1) is 18.2 Å². The zero-order chi connectivity index (χ0) is 16.3. The number of nitrogens with one attached hydrogen (secondary N) is 2. The molecule has 7 heteroatoms. The highest BCUT2D eigenvalue weighted by atomic mass is 32.2. The number of nitrogens with zero attached hydrogens (tertiary/aromatic N) is 1. The number of sulfonamides is 1. The fraction of sp³-hybridized carbons (Fsp3) is 0.0625. The summed E-state index contributed by atoms with van der Waals surface area (Å²) < 4.78 is 32.9. The van der Waals surface area contributed by atoms with Gasteiger partial charge in [-0.3, -0.25) is 4.72 Å². The Labute approximate surface area is 134 Å². The lowest BCUT2D eigenvalue weighted by atomic mass is 10.2.